The van der Waals surface area contributed by atoms with Crippen molar-refractivity contribution in [2.45, 2.75) is 26.5 Å². The summed E-state index contributed by atoms with van der Waals surface area (Å²) in [7, 11) is 1.67. The Morgan fingerprint density at radius 1 is 1.29 bits per heavy atom. The van der Waals surface area contributed by atoms with Crippen LogP contribution in [0.4, 0.5) is 4.39 Å². The molecule has 0 saturated carbocycles. The van der Waals surface area contributed by atoms with Crippen LogP contribution in [-0.2, 0) is 6.54 Å². The van der Waals surface area contributed by atoms with E-state index in [4.69, 9.17) is 16.3 Å². The molecule has 0 saturated heterocycles. The number of nitrogens with zero attached hydrogens (tertiary/aromatic N) is 3. The van der Waals surface area contributed by atoms with Crippen molar-refractivity contribution in [3.63, 3.8) is 0 Å². The zero-order chi connectivity index (χ0) is 24.4. The molecule has 4 aromatic rings. The summed E-state index contributed by atoms with van der Waals surface area (Å²) in [5, 5.41) is 17.9. The summed E-state index contributed by atoms with van der Waals surface area (Å²) in [4.78, 5) is 19.2. The van der Waals surface area contributed by atoms with Gasteiger partial charge in [-0.15, -0.1) is 0 Å². The van der Waals surface area contributed by atoms with Crippen molar-refractivity contribution in [2.75, 3.05) is 13.7 Å². The Bertz CT molecular complexity index is 1360. The molecule has 0 bridgehead atoms. The van der Waals surface area contributed by atoms with Crippen molar-refractivity contribution in [3.8, 4) is 16.9 Å². The van der Waals surface area contributed by atoms with Crippen LogP contribution in [0.25, 0.3) is 22.0 Å². The highest BCUT2D eigenvalue weighted by molar-refractivity contribution is 6.34. The van der Waals surface area contributed by atoms with Gasteiger partial charge in [0, 0.05) is 41.9 Å². The lowest BCUT2D eigenvalue weighted by atomic mass is 10.0. The Balaban J connectivity index is 1.66. The highest BCUT2D eigenvalue weighted by Gasteiger charge is 2.21. The smallest absolute Gasteiger partial charge is 0.254 e. The van der Waals surface area contributed by atoms with E-state index in [0.717, 1.165) is 5.56 Å². The number of H-pyrrole nitrogens is 1. The number of hydrogen-bond acceptors (Lipinski definition) is 5. The second kappa shape index (κ2) is 9.79. The minimum atomic E-state index is -0.746. The maximum Gasteiger partial charge on any atom is 0.254 e. The maximum absolute atomic E-state index is 13.8. The normalized spacial score (nSPS) is 12.1. The second-order valence-corrected chi connectivity index (χ2v) is 8.35. The first-order chi connectivity index (χ1) is 16.3. The molecule has 1 amide bonds. The van der Waals surface area contributed by atoms with Crippen LogP contribution >= 0.6 is 11.6 Å². The number of halogens is 2. The van der Waals surface area contributed by atoms with Crippen LogP contribution in [0.3, 0.4) is 0 Å². The Labute approximate surface area is 201 Å². The number of nitrogens with one attached hydrogen (secondary N) is 1. The number of benzene rings is 2. The number of ether oxygens (including phenoxy) is 1. The molecule has 2 aromatic heterocycles. The van der Waals surface area contributed by atoms with Crippen molar-refractivity contribution < 1.29 is 19.0 Å². The van der Waals surface area contributed by atoms with Gasteiger partial charge in [-0.1, -0.05) is 23.7 Å². The molecule has 0 radical (unpaired) electrons. The maximum atomic E-state index is 13.8. The van der Waals surface area contributed by atoms with E-state index in [9.17, 15) is 14.3 Å². The van der Waals surface area contributed by atoms with Gasteiger partial charge in [0.15, 0.2) is 0 Å². The molecule has 9 heteroatoms. The number of amides is 1. The molecule has 2 aromatic carbocycles. The minimum absolute atomic E-state index is 0.248. The topological polar surface area (TPSA) is 91.3 Å². The van der Waals surface area contributed by atoms with Crippen LogP contribution < -0.4 is 4.74 Å². The summed E-state index contributed by atoms with van der Waals surface area (Å²) < 4.78 is 19.6. The number of carbonyl (C=O) groups is 1. The number of hydrogen-bond donors (Lipinski definition) is 2. The van der Waals surface area contributed by atoms with Gasteiger partial charge in [-0.2, -0.15) is 5.10 Å². The van der Waals surface area contributed by atoms with E-state index in [2.05, 4.69) is 15.2 Å². The molecule has 0 spiro atoms. The summed E-state index contributed by atoms with van der Waals surface area (Å²) in [6.45, 7) is 4.06. The summed E-state index contributed by atoms with van der Waals surface area (Å²) in [6.07, 6.45) is 2.48. The van der Waals surface area contributed by atoms with Crippen LogP contribution in [-0.4, -0.2) is 44.7 Å². The number of aliphatic hydroxyl groups is 1. The molecule has 0 aliphatic rings. The molecule has 0 aliphatic heterocycles. The molecular formula is C25H24ClFN4O3. The van der Waals surface area contributed by atoms with Crippen LogP contribution in [0, 0.1) is 5.82 Å². The summed E-state index contributed by atoms with van der Waals surface area (Å²) in [5.41, 5.74) is 3.40. The number of pyridine rings is 1. The van der Waals surface area contributed by atoms with E-state index in [1.807, 2.05) is 6.92 Å². The van der Waals surface area contributed by atoms with Crippen molar-refractivity contribution in [1.82, 2.24) is 20.1 Å². The molecule has 2 N–H and O–H groups in total. The molecule has 1 unspecified atom stereocenters. The number of aromatic amines is 1. The van der Waals surface area contributed by atoms with Crippen molar-refractivity contribution >= 4 is 28.4 Å². The first kappa shape index (κ1) is 23.7. The Morgan fingerprint density at radius 3 is 2.79 bits per heavy atom. The number of rotatable bonds is 7. The van der Waals surface area contributed by atoms with Crippen molar-refractivity contribution in [3.05, 3.63) is 76.5 Å². The second-order valence-electron chi connectivity index (χ2n) is 7.94. The number of aliphatic hydroxyl groups excluding tert-OH is 1. The first-order valence-electron chi connectivity index (χ1n) is 10.8. The van der Waals surface area contributed by atoms with E-state index in [0.29, 0.717) is 45.6 Å². The lowest BCUT2D eigenvalue weighted by molar-refractivity contribution is 0.0785. The highest BCUT2D eigenvalue weighted by Crippen LogP contribution is 2.38. The molecule has 0 fully saturated rings. The van der Waals surface area contributed by atoms with Gasteiger partial charge in [-0.25, -0.2) is 4.39 Å². The van der Waals surface area contributed by atoms with Gasteiger partial charge in [0.2, 0.25) is 0 Å². The lowest BCUT2D eigenvalue weighted by Crippen LogP contribution is -2.26. The molecule has 2 heterocycles. The third kappa shape index (κ3) is 4.60. The Kier molecular flexibility index (Phi) is 6.81. The fourth-order valence-electron chi connectivity index (χ4n) is 3.91. The van der Waals surface area contributed by atoms with E-state index in [1.54, 1.807) is 50.6 Å². The first-order valence-corrected chi connectivity index (χ1v) is 11.1. The Morgan fingerprint density at radius 2 is 2.09 bits per heavy atom. The zero-order valence-electron chi connectivity index (χ0n) is 19.0. The molecule has 1 atom stereocenters. The Hall–Kier alpha value is -3.49. The fraction of sp³-hybridized carbons (Fsp3) is 0.240. The van der Waals surface area contributed by atoms with E-state index < -0.39 is 11.9 Å². The number of fused-ring (bicyclic) bond motifs is 1. The van der Waals surface area contributed by atoms with E-state index >= 15 is 0 Å². The summed E-state index contributed by atoms with van der Waals surface area (Å²) >= 11 is 6.56. The van der Waals surface area contributed by atoms with Gasteiger partial charge in [0.1, 0.15) is 11.6 Å². The van der Waals surface area contributed by atoms with Gasteiger partial charge in [0.05, 0.1) is 35.1 Å². The quantitative estimate of drug-likeness (QED) is 0.380. The van der Waals surface area contributed by atoms with Crippen LogP contribution in [0.5, 0.6) is 5.75 Å². The van der Waals surface area contributed by atoms with Gasteiger partial charge in [0.25, 0.3) is 5.91 Å². The average molecular weight is 483 g/mol. The minimum Gasteiger partial charge on any atom is -0.493 e. The summed E-state index contributed by atoms with van der Waals surface area (Å²) in [5.74, 6) is -0.270. The fourth-order valence-corrected chi connectivity index (χ4v) is 4.23. The molecule has 34 heavy (non-hydrogen) atoms. The number of carbonyl (C=O) groups excluding carboxylic acids is 1. The monoisotopic (exact) mass is 482 g/mol. The standard InChI is InChI=1S/C25H24ClFN4O3/c1-4-34-21-10-16(9-20(26)22(21)15-6-5-7-18(27)8-15)25(33)31(3)13-17-11-28-23(14(2)32)19-12-29-30-24(17)19/h5-12,14,32H,4,13H2,1-3H3,(H,29,30). The SMILES string of the molecule is CCOc1cc(C(=O)N(C)Cc2cnc(C(C)O)c3cn[nH]c23)cc(Cl)c1-c1cccc(F)c1. The van der Waals surface area contributed by atoms with Gasteiger partial charge < -0.3 is 14.7 Å². The third-order valence-corrected chi connectivity index (χ3v) is 5.76. The highest BCUT2D eigenvalue weighted by atomic mass is 35.5. The molecule has 4 rings (SSSR count). The van der Waals surface area contributed by atoms with Crippen LogP contribution in [0.15, 0.2) is 48.8 Å². The van der Waals surface area contributed by atoms with E-state index in [1.165, 1.54) is 17.0 Å². The van der Waals surface area contributed by atoms with Gasteiger partial charge >= 0.3 is 0 Å². The van der Waals surface area contributed by atoms with Gasteiger partial charge in [-0.05, 0) is 43.7 Å². The number of aromatic nitrogens is 3. The summed E-state index contributed by atoms with van der Waals surface area (Å²) in [6, 6.07) is 9.23. The molecular weight excluding hydrogens is 459 g/mol. The lowest BCUT2D eigenvalue weighted by Gasteiger charge is -2.20. The molecule has 176 valence electrons. The van der Waals surface area contributed by atoms with Crippen molar-refractivity contribution in [1.29, 1.82) is 0 Å². The average Bonchev–Trinajstić information content (AvgIpc) is 3.29. The zero-order valence-corrected chi connectivity index (χ0v) is 19.7. The molecule has 7 nitrogen and oxygen atoms in total. The predicted octanol–water partition coefficient (Wildman–Crippen LogP) is 5.14. The van der Waals surface area contributed by atoms with E-state index in [-0.39, 0.29) is 17.5 Å². The van der Waals surface area contributed by atoms with Gasteiger partial charge in [-0.3, -0.25) is 14.9 Å². The van der Waals surface area contributed by atoms with Crippen LogP contribution in [0.1, 0.15) is 41.6 Å². The van der Waals surface area contributed by atoms with Crippen molar-refractivity contribution in [2.24, 2.45) is 0 Å². The largest absolute Gasteiger partial charge is 0.493 e. The molecule has 0 aliphatic carbocycles. The van der Waals surface area contributed by atoms with Crippen LogP contribution in [0.2, 0.25) is 5.02 Å². The predicted molar refractivity (Wildman–Crippen MR) is 128 cm³/mol. The third-order valence-electron chi connectivity index (χ3n) is 5.46.